The predicted molar refractivity (Wildman–Crippen MR) is 106 cm³/mol. The van der Waals surface area contributed by atoms with Crippen LogP contribution in [-0.2, 0) is 6.54 Å². The number of benzene rings is 1. The standard InChI is InChI=1S/C18H17N5OS2/c1-3-23-16(14-9-6-10-25-14)21-22-18(23)26-11(2)15-19-13-8-5-4-7-12(13)17(24)20-15/h4-11H,3H2,1-2H3,(H,19,20,24). The Morgan fingerprint density at radius 2 is 2.08 bits per heavy atom. The van der Waals surface area contributed by atoms with E-state index in [2.05, 4.69) is 31.7 Å². The summed E-state index contributed by atoms with van der Waals surface area (Å²) < 4.78 is 2.09. The molecule has 0 aliphatic carbocycles. The molecule has 0 aliphatic heterocycles. The third-order valence-electron chi connectivity index (χ3n) is 4.07. The van der Waals surface area contributed by atoms with E-state index in [0.717, 1.165) is 22.4 Å². The number of nitrogens with one attached hydrogen (secondary N) is 1. The molecule has 0 saturated heterocycles. The smallest absolute Gasteiger partial charge is 0.258 e. The van der Waals surface area contributed by atoms with Crippen molar-refractivity contribution in [2.24, 2.45) is 0 Å². The molecule has 1 N–H and O–H groups in total. The number of aromatic amines is 1. The zero-order valence-corrected chi connectivity index (χ0v) is 16.0. The van der Waals surface area contributed by atoms with Gasteiger partial charge in [-0.05, 0) is 37.4 Å². The van der Waals surface area contributed by atoms with Crippen LogP contribution in [0.2, 0.25) is 0 Å². The Kier molecular flexibility index (Phi) is 4.60. The van der Waals surface area contributed by atoms with E-state index in [1.807, 2.05) is 42.6 Å². The second-order valence-electron chi connectivity index (χ2n) is 5.76. The summed E-state index contributed by atoms with van der Waals surface area (Å²) in [7, 11) is 0. The van der Waals surface area contributed by atoms with E-state index in [4.69, 9.17) is 0 Å². The van der Waals surface area contributed by atoms with Crippen LogP contribution in [-0.4, -0.2) is 24.7 Å². The maximum atomic E-state index is 12.3. The van der Waals surface area contributed by atoms with E-state index in [1.165, 1.54) is 0 Å². The predicted octanol–water partition coefficient (Wildman–Crippen LogP) is 4.12. The first kappa shape index (κ1) is 17.0. The first-order valence-electron chi connectivity index (χ1n) is 8.30. The van der Waals surface area contributed by atoms with Crippen LogP contribution in [0.5, 0.6) is 0 Å². The highest BCUT2D eigenvalue weighted by Crippen LogP contribution is 2.34. The Bertz CT molecular complexity index is 1100. The zero-order valence-electron chi connectivity index (χ0n) is 14.3. The van der Waals surface area contributed by atoms with E-state index < -0.39 is 0 Å². The number of aromatic nitrogens is 5. The highest BCUT2D eigenvalue weighted by Gasteiger charge is 2.19. The van der Waals surface area contributed by atoms with Crippen molar-refractivity contribution in [1.82, 2.24) is 24.7 Å². The summed E-state index contributed by atoms with van der Waals surface area (Å²) >= 11 is 3.19. The number of H-pyrrole nitrogens is 1. The van der Waals surface area contributed by atoms with Crippen LogP contribution in [0.1, 0.15) is 24.9 Å². The van der Waals surface area contributed by atoms with E-state index in [9.17, 15) is 4.79 Å². The molecule has 26 heavy (non-hydrogen) atoms. The molecule has 132 valence electrons. The van der Waals surface area contributed by atoms with Gasteiger partial charge in [0.2, 0.25) is 0 Å². The molecule has 4 rings (SSSR count). The number of nitrogens with zero attached hydrogens (tertiary/aromatic N) is 4. The van der Waals surface area contributed by atoms with Crippen LogP contribution < -0.4 is 5.56 Å². The minimum atomic E-state index is -0.116. The maximum Gasteiger partial charge on any atom is 0.258 e. The fourth-order valence-corrected chi connectivity index (χ4v) is 4.45. The molecule has 4 aromatic rings. The van der Waals surface area contributed by atoms with Gasteiger partial charge in [-0.25, -0.2) is 4.98 Å². The number of fused-ring (bicyclic) bond motifs is 1. The lowest BCUT2D eigenvalue weighted by Gasteiger charge is -2.12. The number of para-hydroxylation sites is 1. The lowest BCUT2D eigenvalue weighted by Crippen LogP contribution is -2.13. The molecule has 0 spiro atoms. The van der Waals surface area contributed by atoms with Crippen LogP contribution in [0, 0.1) is 0 Å². The summed E-state index contributed by atoms with van der Waals surface area (Å²) in [5, 5.41) is 12.1. The summed E-state index contributed by atoms with van der Waals surface area (Å²) in [4.78, 5) is 20.9. The van der Waals surface area contributed by atoms with Gasteiger partial charge >= 0.3 is 0 Å². The molecule has 1 atom stereocenters. The van der Waals surface area contributed by atoms with Gasteiger partial charge in [-0.1, -0.05) is 30.0 Å². The molecular weight excluding hydrogens is 366 g/mol. The molecule has 0 radical (unpaired) electrons. The van der Waals surface area contributed by atoms with Crippen molar-refractivity contribution >= 4 is 34.0 Å². The molecule has 1 aromatic carbocycles. The van der Waals surface area contributed by atoms with Crippen molar-refractivity contribution in [1.29, 1.82) is 0 Å². The van der Waals surface area contributed by atoms with Crippen LogP contribution in [0.3, 0.4) is 0 Å². The number of hydrogen-bond donors (Lipinski definition) is 1. The first-order chi connectivity index (χ1) is 12.7. The topological polar surface area (TPSA) is 76.5 Å². The zero-order chi connectivity index (χ0) is 18.1. The quantitative estimate of drug-likeness (QED) is 0.525. The Balaban J connectivity index is 1.67. The fraction of sp³-hybridized carbons (Fsp3) is 0.222. The van der Waals surface area contributed by atoms with E-state index in [1.54, 1.807) is 29.2 Å². The van der Waals surface area contributed by atoms with Gasteiger partial charge in [0.15, 0.2) is 11.0 Å². The minimum absolute atomic E-state index is 0.0574. The highest BCUT2D eigenvalue weighted by molar-refractivity contribution is 7.99. The third kappa shape index (κ3) is 3.06. The van der Waals surface area contributed by atoms with Gasteiger partial charge in [-0.2, -0.15) is 0 Å². The van der Waals surface area contributed by atoms with Gasteiger partial charge in [0, 0.05) is 6.54 Å². The number of rotatable bonds is 5. The average molecular weight is 384 g/mol. The molecule has 3 heterocycles. The Morgan fingerprint density at radius 3 is 2.85 bits per heavy atom. The summed E-state index contributed by atoms with van der Waals surface area (Å²) in [5.41, 5.74) is 0.587. The lowest BCUT2D eigenvalue weighted by molar-refractivity contribution is 0.685. The Morgan fingerprint density at radius 1 is 1.23 bits per heavy atom. The van der Waals surface area contributed by atoms with Gasteiger partial charge in [0.25, 0.3) is 5.56 Å². The van der Waals surface area contributed by atoms with Crippen LogP contribution in [0.15, 0.2) is 51.7 Å². The Hall–Kier alpha value is -2.45. The fourth-order valence-electron chi connectivity index (χ4n) is 2.76. The summed E-state index contributed by atoms with van der Waals surface area (Å²) in [6.45, 7) is 4.86. The van der Waals surface area contributed by atoms with Crippen molar-refractivity contribution in [3.63, 3.8) is 0 Å². The summed E-state index contributed by atoms with van der Waals surface area (Å²) in [6, 6.07) is 11.4. The highest BCUT2D eigenvalue weighted by atomic mass is 32.2. The van der Waals surface area contributed by atoms with Crippen LogP contribution in [0.25, 0.3) is 21.6 Å². The maximum absolute atomic E-state index is 12.3. The molecule has 0 saturated carbocycles. The summed E-state index contributed by atoms with van der Waals surface area (Å²) in [6.07, 6.45) is 0. The minimum Gasteiger partial charge on any atom is -0.309 e. The largest absolute Gasteiger partial charge is 0.309 e. The molecule has 0 aliphatic rings. The average Bonchev–Trinajstić information content (AvgIpc) is 3.30. The lowest BCUT2D eigenvalue weighted by atomic mass is 10.2. The second-order valence-corrected chi connectivity index (χ2v) is 8.01. The molecule has 8 heteroatoms. The first-order valence-corrected chi connectivity index (χ1v) is 10.1. The number of thiophene rings is 1. The van der Waals surface area contributed by atoms with Crippen molar-refractivity contribution in [3.8, 4) is 10.7 Å². The SMILES string of the molecule is CCn1c(SC(C)c2nc3ccccc3c(=O)[nH]2)nnc1-c1cccs1. The van der Waals surface area contributed by atoms with E-state index in [0.29, 0.717) is 16.7 Å². The number of hydrogen-bond acceptors (Lipinski definition) is 6. The molecule has 6 nitrogen and oxygen atoms in total. The van der Waals surface area contributed by atoms with Crippen molar-refractivity contribution in [3.05, 3.63) is 58.0 Å². The molecule has 0 bridgehead atoms. The van der Waals surface area contributed by atoms with Crippen molar-refractivity contribution in [2.45, 2.75) is 30.8 Å². The molecule has 1 unspecified atom stereocenters. The van der Waals surface area contributed by atoms with Crippen molar-refractivity contribution < 1.29 is 0 Å². The van der Waals surface area contributed by atoms with E-state index >= 15 is 0 Å². The van der Waals surface area contributed by atoms with Gasteiger partial charge in [-0.3, -0.25) is 4.79 Å². The molecule has 3 aromatic heterocycles. The second kappa shape index (κ2) is 7.05. The van der Waals surface area contributed by atoms with Gasteiger partial charge in [0.1, 0.15) is 5.82 Å². The monoisotopic (exact) mass is 383 g/mol. The summed E-state index contributed by atoms with van der Waals surface area (Å²) in [5.74, 6) is 1.51. The number of thioether (sulfide) groups is 1. The normalized spacial score (nSPS) is 12.5. The van der Waals surface area contributed by atoms with Gasteiger partial charge in [-0.15, -0.1) is 21.5 Å². The van der Waals surface area contributed by atoms with Crippen LogP contribution >= 0.6 is 23.1 Å². The Labute approximate surface area is 158 Å². The molecule has 0 fully saturated rings. The van der Waals surface area contributed by atoms with Gasteiger partial charge in [0.05, 0.1) is 21.0 Å². The van der Waals surface area contributed by atoms with E-state index in [-0.39, 0.29) is 10.8 Å². The van der Waals surface area contributed by atoms with Crippen molar-refractivity contribution in [2.75, 3.05) is 0 Å². The third-order valence-corrected chi connectivity index (χ3v) is 6.03. The molecular formula is C18H17N5OS2. The van der Waals surface area contributed by atoms with Gasteiger partial charge < -0.3 is 9.55 Å². The van der Waals surface area contributed by atoms with Crippen LogP contribution in [0.4, 0.5) is 0 Å². The molecule has 0 amide bonds.